The van der Waals surface area contributed by atoms with Gasteiger partial charge in [-0.2, -0.15) is 0 Å². The Kier molecular flexibility index (Phi) is 7.20. The zero-order valence-electron chi connectivity index (χ0n) is 16.5. The number of methoxy groups -OCH3 is 1. The Morgan fingerprint density at radius 2 is 1.59 bits per heavy atom. The lowest BCUT2D eigenvalue weighted by molar-refractivity contribution is -0.145. The first-order chi connectivity index (χ1) is 12.7. The predicted molar refractivity (Wildman–Crippen MR) is 101 cm³/mol. The van der Waals surface area contributed by atoms with Crippen LogP contribution in [0, 0.1) is 0 Å². The van der Waals surface area contributed by atoms with Crippen molar-refractivity contribution in [3.05, 3.63) is 35.9 Å². The molecule has 1 aromatic rings. The third-order valence-corrected chi connectivity index (χ3v) is 6.83. The largest absolute Gasteiger partial charge is 0.467 e. The number of likely N-dealkylation sites (tertiary alicyclic amines) is 1. The molecule has 1 saturated heterocycles. The number of ether oxygens (including phenoxy) is 1. The van der Waals surface area contributed by atoms with Crippen LogP contribution in [0.1, 0.15) is 50.9 Å². The van der Waals surface area contributed by atoms with Crippen molar-refractivity contribution in [1.82, 2.24) is 4.90 Å². The van der Waals surface area contributed by atoms with Gasteiger partial charge in [-0.3, -0.25) is 9.36 Å². The Hall–Kier alpha value is -1.69. The van der Waals surface area contributed by atoms with E-state index in [9.17, 15) is 14.2 Å². The quantitative estimate of drug-likeness (QED) is 0.514. The summed E-state index contributed by atoms with van der Waals surface area (Å²) < 4.78 is 29.9. The molecule has 0 saturated carbocycles. The highest BCUT2D eigenvalue weighted by atomic mass is 31.2. The van der Waals surface area contributed by atoms with Gasteiger partial charge < -0.3 is 18.7 Å². The summed E-state index contributed by atoms with van der Waals surface area (Å²) in [5.74, 6) is -1.78. The fourth-order valence-corrected chi connectivity index (χ4v) is 5.77. The van der Waals surface area contributed by atoms with E-state index in [2.05, 4.69) is 0 Å². The van der Waals surface area contributed by atoms with Crippen LogP contribution in [0.15, 0.2) is 30.3 Å². The van der Waals surface area contributed by atoms with Crippen LogP contribution >= 0.6 is 7.60 Å². The van der Waals surface area contributed by atoms with Crippen LogP contribution in [-0.4, -0.2) is 47.9 Å². The SMILES string of the molecule is COC(=O)[C@@H]1CCC(P(=O)(OC(C)C)OC(C)C)N1C(=O)c1ccccc1. The molecule has 2 atom stereocenters. The number of benzene rings is 1. The minimum atomic E-state index is -3.70. The van der Waals surface area contributed by atoms with E-state index in [-0.39, 0.29) is 12.2 Å². The zero-order chi connectivity index (χ0) is 20.2. The van der Waals surface area contributed by atoms with Crippen LogP contribution < -0.4 is 0 Å². The molecule has 8 heteroatoms. The monoisotopic (exact) mass is 397 g/mol. The number of hydrogen-bond acceptors (Lipinski definition) is 6. The molecule has 2 rings (SSSR count). The number of esters is 1. The molecule has 0 N–H and O–H groups in total. The van der Waals surface area contributed by atoms with Crippen LogP contribution in [0.25, 0.3) is 0 Å². The van der Waals surface area contributed by atoms with Crippen molar-refractivity contribution in [1.29, 1.82) is 0 Å². The van der Waals surface area contributed by atoms with E-state index in [4.69, 9.17) is 13.8 Å². The van der Waals surface area contributed by atoms with Crippen LogP contribution in [0.2, 0.25) is 0 Å². The van der Waals surface area contributed by atoms with Gasteiger partial charge in [0.2, 0.25) is 0 Å². The summed E-state index contributed by atoms with van der Waals surface area (Å²) in [6.45, 7) is 7.03. The predicted octanol–water partition coefficient (Wildman–Crippen LogP) is 3.83. The minimum absolute atomic E-state index is 0.328. The number of hydrogen-bond donors (Lipinski definition) is 0. The molecule has 1 aliphatic heterocycles. The first kappa shape index (κ1) is 21.6. The zero-order valence-corrected chi connectivity index (χ0v) is 17.3. The maximum Gasteiger partial charge on any atom is 0.353 e. The molecule has 7 nitrogen and oxygen atoms in total. The number of amides is 1. The molecule has 27 heavy (non-hydrogen) atoms. The summed E-state index contributed by atoms with van der Waals surface area (Å²) in [5, 5.41) is 0. The molecule has 0 bridgehead atoms. The van der Waals surface area contributed by atoms with E-state index in [0.717, 1.165) is 0 Å². The fraction of sp³-hybridized carbons (Fsp3) is 0.579. The number of rotatable bonds is 7. The van der Waals surface area contributed by atoms with Crippen molar-refractivity contribution in [2.75, 3.05) is 7.11 Å². The van der Waals surface area contributed by atoms with Crippen molar-refractivity contribution in [3.63, 3.8) is 0 Å². The third-order valence-electron chi connectivity index (χ3n) is 4.16. The lowest BCUT2D eigenvalue weighted by atomic mass is 10.1. The second kappa shape index (κ2) is 9.00. The van der Waals surface area contributed by atoms with E-state index < -0.39 is 31.3 Å². The van der Waals surface area contributed by atoms with E-state index in [1.54, 1.807) is 58.0 Å². The molecule has 0 spiro atoms. The highest BCUT2D eigenvalue weighted by molar-refractivity contribution is 7.54. The fourth-order valence-electron chi connectivity index (χ4n) is 3.23. The third kappa shape index (κ3) is 4.98. The highest BCUT2D eigenvalue weighted by Crippen LogP contribution is 2.60. The Morgan fingerprint density at radius 1 is 1.04 bits per heavy atom. The normalized spacial score (nSPS) is 20.3. The van der Waals surface area contributed by atoms with Crippen LogP contribution in [-0.2, 0) is 23.1 Å². The lowest BCUT2D eigenvalue weighted by Crippen LogP contribution is -2.46. The summed E-state index contributed by atoms with van der Waals surface area (Å²) >= 11 is 0. The molecule has 0 aliphatic carbocycles. The molecular formula is C19H28NO6P. The van der Waals surface area contributed by atoms with Crippen LogP contribution in [0.3, 0.4) is 0 Å². The van der Waals surface area contributed by atoms with Gasteiger partial charge in [0.05, 0.1) is 19.3 Å². The van der Waals surface area contributed by atoms with Gasteiger partial charge in [-0.1, -0.05) is 18.2 Å². The van der Waals surface area contributed by atoms with Crippen LogP contribution in [0.4, 0.5) is 0 Å². The molecule has 1 heterocycles. The number of nitrogens with zero attached hydrogens (tertiary/aromatic N) is 1. The summed E-state index contributed by atoms with van der Waals surface area (Å²) in [7, 11) is -2.43. The minimum Gasteiger partial charge on any atom is -0.467 e. The Balaban J connectivity index is 2.47. The van der Waals surface area contributed by atoms with Gasteiger partial charge >= 0.3 is 13.6 Å². The first-order valence-electron chi connectivity index (χ1n) is 9.11. The number of carbonyl (C=O) groups excluding carboxylic acids is 2. The first-order valence-corrected chi connectivity index (χ1v) is 10.7. The van der Waals surface area contributed by atoms with Gasteiger partial charge in [0.1, 0.15) is 11.8 Å². The lowest BCUT2D eigenvalue weighted by Gasteiger charge is -2.34. The topological polar surface area (TPSA) is 82.1 Å². The van der Waals surface area contributed by atoms with Crippen molar-refractivity contribution in [3.8, 4) is 0 Å². The van der Waals surface area contributed by atoms with Gasteiger partial charge in [-0.25, -0.2) is 4.79 Å². The Morgan fingerprint density at radius 3 is 2.07 bits per heavy atom. The van der Waals surface area contributed by atoms with E-state index >= 15 is 0 Å². The molecule has 1 aromatic carbocycles. The van der Waals surface area contributed by atoms with Gasteiger partial charge in [-0.15, -0.1) is 0 Å². The van der Waals surface area contributed by atoms with Gasteiger partial charge in [0.15, 0.2) is 0 Å². The summed E-state index contributed by atoms with van der Waals surface area (Å²) in [5.41, 5.74) is 0.402. The molecule has 1 fully saturated rings. The number of carbonyl (C=O) groups is 2. The van der Waals surface area contributed by atoms with E-state index in [1.165, 1.54) is 12.0 Å². The van der Waals surface area contributed by atoms with Gasteiger partial charge in [0, 0.05) is 5.56 Å². The molecule has 1 amide bonds. The van der Waals surface area contributed by atoms with Crippen molar-refractivity contribution in [2.45, 2.75) is 64.6 Å². The second-order valence-electron chi connectivity index (χ2n) is 7.02. The second-order valence-corrected chi connectivity index (χ2v) is 9.12. The Bertz CT molecular complexity index is 691. The van der Waals surface area contributed by atoms with Gasteiger partial charge in [0.25, 0.3) is 5.91 Å². The van der Waals surface area contributed by atoms with Crippen LogP contribution in [0.5, 0.6) is 0 Å². The summed E-state index contributed by atoms with van der Waals surface area (Å²) in [4.78, 5) is 26.8. The van der Waals surface area contributed by atoms with Crippen molar-refractivity contribution >= 4 is 19.5 Å². The molecule has 1 unspecified atom stereocenters. The van der Waals surface area contributed by atoms with E-state index in [1.807, 2.05) is 0 Å². The molecule has 150 valence electrons. The maximum absolute atomic E-state index is 13.6. The molecule has 0 radical (unpaired) electrons. The average Bonchev–Trinajstić information content (AvgIpc) is 3.05. The summed E-state index contributed by atoms with van der Waals surface area (Å²) in [6, 6.07) is 7.76. The standard InChI is InChI=1S/C19H28NO6P/c1-13(2)25-27(23,26-14(3)4)17-12-11-16(19(22)24-5)20(17)18(21)15-9-7-6-8-10-15/h6-10,13-14,16-17H,11-12H2,1-5H3/t16-,17?/m0/s1. The smallest absolute Gasteiger partial charge is 0.353 e. The maximum atomic E-state index is 13.6. The average molecular weight is 397 g/mol. The molecule has 0 aromatic heterocycles. The van der Waals surface area contributed by atoms with E-state index in [0.29, 0.717) is 18.4 Å². The van der Waals surface area contributed by atoms with Crippen molar-refractivity contribution in [2.24, 2.45) is 0 Å². The van der Waals surface area contributed by atoms with Crippen molar-refractivity contribution < 1.29 is 27.9 Å². The highest BCUT2D eigenvalue weighted by Gasteiger charge is 2.52. The Labute approximate surface area is 160 Å². The summed E-state index contributed by atoms with van der Waals surface area (Å²) in [6.07, 6.45) is -0.0569. The van der Waals surface area contributed by atoms with Gasteiger partial charge in [-0.05, 0) is 52.7 Å². The molecule has 1 aliphatic rings. The molecular weight excluding hydrogens is 369 g/mol.